The van der Waals surface area contributed by atoms with E-state index in [-0.39, 0.29) is 24.9 Å². The molecule has 0 aliphatic carbocycles. The van der Waals surface area contributed by atoms with Gasteiger partial charge in [0.1, 0.15) is 11.9 Å². The number of hydrogen-bond acceptors (Lipinski definition) is 4. The van der Waals surface area contributed by atoms with Gasteiger partial charge in [-0.3, -0.25) is 14.5 Å². The van der Waals surface area contributed by atoms with Gasteiger partial charge < -0.3 is 15.2 Å². The normalized spacial score (nSPS) is 19.6. The molecule has 0 aromatic heterocycles. The molecule has 1 aromatic carbocycles. The van der Waals surface area contributed by atoms with E-state index in [9.17, 15) is 14.0 Å². The Morgan fingerprint density at radius 2 is 2.10 bits per heavy atom. The minimum atomic E-state index is -1.01. The highest BCUT2D eigenvalue weighted by atomic mass is 19.1. The number of benzene rings is 1. The van der Waals surface area contributed by atoms with Crippen molar-refractivity contribution >= 4 is 17.6 Å². The maximum atomic E-state index is 12.7. The summed E-state index contributed by atoms with van der Waals surface area (Å²) in [5, 5.41) is 11.6. The van der Waals surface area contributed by atoms with Crippen molar-refractivity contribution in [2.45, 2.75) is 6.04 Å². The molecule has 2 N–H and O–H groups in total. The van der Waals surface area contributed by atoms with Crippen LogP contribution in [0.15, 0.2) is 24.3 Å². The average molecular weight is 282 g/mol. The first-order valence-corrected chi connectivity index (χ1v) is 6.16. The van der Waals surface area contributed by atoms with Gasteiger partial charge >= 0.3 is 5.97 Å². The topological polar surface area (TPSA) is 78.9 Å². The molecule has 1 saturated heterocycles. The lowest BCUT2D eigenvalue weighted by Crippen LogP contribution is -2.52. The zero-order valence-electron chi connectivity index (χ0n) is 10.7. The third-order valence-corrected chi connectivity index (χ3v) is 3.00. The Kier molecular flexibility index (Phi) is 4.65. The van der Waals surface area contributed by atoms with Crippen molar-refractivity contribution < 1.29 is 23.8 Å². The van der Waals surface area contributed by atoms with Crippen LogP contribution in [0.1, 0.15) is 0 Å². The van der Waals surface area contributed by atoms with E-state index in [1.165, 1.54) is 24.3 Å². The number of nitrogens with zero attached hydrogens (tertiary/aromatic N) is 1. The summed E-state index contributed by atoms with van der Waals surface area (Å²) >= 11 is 0. The van der Waals surface area contributed by atoms with Crippen molar-refractivity contribution in [3.63, 3.8) is 0 Å². The SMILES string of the molecule is O=C(CN1CCOCC1C(=O)O)Nc1ccc(F)cc1. The molecule has 7 heteroatoms. The molecule has 1 fully saturated rings. The fourth-order valence-electron chi connectivity index (χ4n) is 1.97. The van der Waals surface area contributed by atoms with Crippen molar-refractivity contribution in [3.8, 4) is 0 Å². The average Bonchev–Trinajstić information content (AvgIpc) is 2.41. The number of ether oxygens (including phenoxy) is 1. The van der Waals surface area contributed by atoms with Gasteiger partial charge in [-0.2, -0.15) is 0 Å². The maximum absolute atomic E-state index is 12.7. The number of anilines is 1. The van der Waals surface area contributed by atoms with Gasteiger partial charge in [0.15, 0.2) is 0 Å². The van der Waals surface area contributed by atoms with Crippen molar-refractivity contribution in [1.29, 1.82) is 0 Å². The molecule has 0 radical (unpaired) electrons. The summed E-state index contributed by atoms with van der Waals surface area (Å²) in [6.45, 7) is 0.804. The van der Waals surface area contributed by atoms with E-state index in [0.29, 0.717) is 18.8 Å². The Morgan fingerprint density at radius 3 is 2.75 bits per heavy atom. The molecule has 1 amide bonds. The van der Waals surface area contributed by atoms with Crippen LogP contribution in [-0.2, 0) is 14.3 Å². The van der Waals surface area contributed by atoms with Crippen LogP contribution < -0.4 is 5.32 Å². The molecule has 2 rings (SSSR count). The fourth-order valence-corrected chi connectivity index (χ4v) is 1.97. The largest absolute Gasteiger partial charge is 0.480 e. The minimum absolute atomic E-state index is 0.0439. The predicted octanol–water partition coefficient (Wildman–Crippen LogP) is 0.550. The van der Waals surface area contributed by atoms with Crippen LogP contribution in [0.3, 0.4) is 0 Å². The van der Waals surface area contributed by atoms with E-state index in [2.05, 4.69) is 5.32 Å². The highest BCUT2D eigenvalue weighted by molar-refractivity contribution is 5.92. The van der Waals surface area contributed by atoms with E-state index < -0.39 is 12.0 Å². The predicted molar refractivity (Wildman–Crippen MR) is 68.8 cm³/mol. The first kappa shape index (κ1) is 14.4. The van der Waals surface area contributed by atoms with Crippen molar-refractivity contribution in [2.75, 3.05) is 31.6 Å². The number of carboxylic acids is 1. The number of nitrogens with one attached hydrogen (secondary N) is 1. The smallest absolute Gasteiger partial charge is 0.323 e. The summed E-state index contributed by atoms with van der Waals surface area (Å²) < 4.78 is 17.8. The molecule has 1 aliphatic heterocycles. The van der Waals surface area contributed by atoms with Crippen molar-refractivity contribution in [2.24, 2.45) is 0 Å². The number of amides is 1. The van der Waals surface area contributed by atoms with Gasteiger partial charge in [0.2, 0.25) is 5.91 Å². The number of halogens is 1. The Hall–Kier alpha value is -1.99. The standard InChI is InChI=1S/C13H15FN2O4/c14-9-1-3-10(4-2-9)15-12(17)7-16-5-6-20-8-11(16)13(18)19/h1-4,11H,5-8H2,(H,15,17)(H,18,19). The van der Waals surface area contributed by atoms with Crippen LogP contribution in [0.25, 0.3) is 0 Å². The van der Waals surface area contributed by atoms with Crippen LogP contribution in [0.5, 0.6) is 0 Å². The molecule has 6 nitrogen and oxygen atoms in total. The molecule has 1 unspecified atom stereocenters. The molecule has 1 aliphatic rings. The molecule has 20 heavy (non-hydrogen) atoms. The number of rotatable bonds is 4. The number of hydrogen-bond donors (Lipinski definition) is 2. The summed E-state index contributed by atoms with van der Waals surface area (Å²) in [6, 6.07) is 4.56. The first-order chi connectivity index (χ1) is 9.56. The molecule has 0 bridgehead atoms. The molecule has 1 atom stereocenters. The zero-order chi connectivity index (χ0) is 14.5. The third-order valence-electron chi connectivity index (χ3n) is 3.00. The molecule has 1 aromatic rings. The van der Waals surface area contributed by atoms with Crippen molar-refractivity contribution in [3.05, 3.63) is 30.1 Å². The lowest BCUT2D eigenvalue weighted by molar-refractivity contribution is -0.150. The summed E-state index contributed by atoms with van der Waals surface area (Å²) in [5.74, 6) is -1.74. The molecule has 1 heterocycles. The molecular formula is C13H15FN2O4. The van der Waals surface area contributed by atoms with Crippen LogP contribution in [0.4, 0.5) is 10.1 Å². The number of carbonyl (C=O) groups excluding carboxylic acids is 1. The van der Waals surface area contributed by atoms with Crippen LogP contribution >= 0.6 is 0 Å². The molecule has 108 valence electrons. The van der Waals surface area contributed by atoms with E-state index >= 15 is 0 Å². The van der Waals surface area contributed by atoms with Gasteiger partial charge in [0.25, 0.3) is 0 Å². The first-order valence-electron chi connectivity index (χ1n) is 6.16. The van der Waals surface area contributed by atoms with E-state index in [1.807, 2.05) is 0 Å². The van der Waals surface area contributed by atoms with Gasteiger partial charge in [-0.15, -0.1) is 0 Å². The van der Waals surface area contributed by atoms with E-state index in [4.69, 9.17) is 9.84 Å². The third kappa shape index (κ3) is 3.75. The Morgan fingerprint density at radius 1 is 1.40 bits per heavy atom. The van der Waals surface area contributed by atoms with Gasteiger partial charge in [0, 0.05) is 12.2 Å². The van der Waals surface area contributed by atoms with Gasteiger partial charge in [0.05, 0.1) is 19.8 Å². The summed E-state index contributed by atoms with van der Waals surface area (Å²) in [6.07, 6.45) is 0. The summed E-state index contributed by atoms with van der Waals surface area (Å²) in [5.41, 5.74) is 0.469. The molecular weight excluding hydrogens is 267 g/mol. The maximum Gasteiger partial charge on any atom is 0.323 e. The van der Waals surface area contributed by atoms with Crippen molar-refractivity contribution in [1.82, 2.24) is 4.90 Å². The Labute approximate surface area is 115 Å². The van der Waals surface area contributed by atoms with Crippen LogP contribution in [0, 0.1) is 5.82 Å². The lowest BCUT2D eigenvalue weighted by Gasteiger charge is -2.32. The number of aliphatic carboxylic acids is 1. The Bertz CT molecular complexity index is 492. The van der Waals surface area contributed by atoms with Gasteiger partial charge in [-0.25, -0.2) is 4.39 Å². The second-order valence-electron chi connectivity index (χ2n) is 4.45. The second kappa shape index (κ2) is 6.44. The van der Waals surface area contributed by atoms with Gasteiger partial charge in [-0.1, -0.05) is 0 Å². The highest BCUT2D eigenvalue weighted by Gasteiger charge is 2.30. The molecule has 0 saturated carbocycles. The number of morpholine rings is 1. The highest BCUT2D eigenvalue weighted by Crippen LogP contribution is 2.10. The van der Waals surface area contributed by atoms with Gasteiger partial charge in [-0.05, 0) is 24.3 Å². The lowest BCUT2D eigenvalue weighted by atomic mass is 10.2. The second-order valence-corrected chi connectivity index (χ2v) is 4.45. The van der Waals surface area contributed by atoms with E-state index in [0.717, 1.165) is 0 Å². The Balaban J connectivity index is 1.92. The summed E-state index contributed by atoms with van der Waals surface area (Å²) in [4.78, 5) is 24.4. The molecule has 0 spiro atoms. The zero-order valence-corrected chi connectivity index (χ0v) is 10.7. The number of carboxylic acid groups (broad SMARTS) is 1. The van der Waals surface area contributed by atoms with Crippen LogP contribution in [-0.4, -0.2) is 54.2 Å². The monoisotopic (exact) mass is 282 g/mol. The van der Waals surface area contributed by atoms with Crippen LogP contribution in [0.2, 0.25) is 0 Å². The quantitative estimate of drug-likeness (QED) is 0.843. The van der Waals surface area contributed by atoms with E-state index in [1.54, 1.807) is 4.90 Å². The fraction of sp³-hybridized carbons (Fsp3) is 0.385. The summed E-state index contributed by atoms with van der Waals surface area (Å²) in [7, 11) is 0. The minimum Gasteiger partial charge on any atom is -0.480 e. The number of carbonyl (C=O) groups is 2.